The van der Waals surface area contributed by atoms with Crippen molar-refractivity contribution >= 4 is 43.8 Å². The minimum atomic E-state index is -0.528. The third-order valence-corrected chi connectivity index (χ3v) is 6.44. The van der Waals surface area contributed by atoms with Crippen molar-refractivity contribution in [1.29, 1.82) is 0 Å². The maximum absolute atomic E-state index is 14.2. The highest BCUT2D eigenvalue weighted by atomic mass is 32.1. The van der Waals surface area contributed by atoms with Gasteiger partial charge in [-0.15, -0.1) is 0 Å². The molecule has 0 saturated carbocycles. The molecule has 0 aliphatic rings. The molecule has 1 aromatic carbocycles. The number of benzene rings is 1. The fourth-order valence-electron chi connectivity index (χ4n) is 3.64. The van der Waals surface area contributed by atoms with Crippen molar-refractivity contribution in [3.05, 3.63) is 51.2 Å². The van der Waals surface area contributed by atoms with Crippen LogP contribution in [-0.2, 0) is 25.4 Å². The number of fused-ring (bicyclic) bond motifs is 2. The van der Waals surface area contributed by atoms with Gasteiger partial charge in [0.25, 0.3) is 5.56 Å². The monoisotopic (exact) mass is 473 g/mol. The van der Waals surface area contributed by atoms with Crippen LogP contribution in [0.15, 0.2) is 34.1 Å². The number of aryl methyl sites for hydroxylation is 1. The van der Waals surface area contributed by atoms with Gasteiger partial charge in [0, 0.05) is 20.6 Å². The van der Waals surface area contributed by atoms with Crippen LogP contribution in [0, 0.1) is 5.82 Å². The molecular formula is C21H24FN7O3S. The maximum atomic E-state index is 14.2. The minimum absolute atomic E-state index is 0.163. The number of carbonyl (C=O) groups excluding carboxylic acids is 1. The third kappa shape index (κ3) is 4.18. The lowest BCUT2D eigenvalue weighted by Crippen LogP contribution is -2.39. The summed E-state index contributed by atoms with van der Waals surface area (Å²) in [5.41, 5.74) is -0.431. The van der Waals surface area contributed by atoms with Gasteiger partial charge in [-0.2, -0.15) is 0 Å². The standard InChI is InChI=1S/C21H24FN7O3S/c1-25(2)9-6-10-29(20-24-16-13(22)7-5-8-14(16)33-20)15(30)11-28-12-23-18-17(28)19(31)27(4)21(32)26(18)3/h5,7-8,12H,6,9-11H2,1-4H3. The molecule has 4 aromatic rings. The van der Waals surface area contributed by atoms with E-state index in [0.717, 1.165) is 11.1 Å². The van der Waals surface area contributed by atoms with Gasteiger partial charge >= 0.3 is 5.69 Å². The molecule has 33 heavy (non-hydrogen) atoms. The average molecular weight is 474 g/mol. The van der Waals surface area contributed by atoms with E-state index in [9.17, 15) is 18.8 Å². The van der Waals surface area contributed by atoms with Crippen LogP contribution in [0.3, 0.4) is 0 Å². The van der Waals surface area contributed by atoms with Crippen molar-refractivity contribution < 1.29 is 9.18 Å². The smallest absolute Gasteiger partial charge is 0.315 e. The molecule has 3 aromatic heterocycles. The fourth-order valence-corrected chi connectivity index (χ4v) is 4.66. The van der Waals surface area contributed by atoms with Gasteiger partial charge in [0.2, 0.25) is 5.91 Å². The van der Waals surface area contributed by atoms with Crippen LogP contribution in [0.5, 0.6) is 0 Å². The Bertz CT molecular complexity index is 1470. The first kappa shape index (κ1) is 22.8. The number of hydrogen-bond donors (Lipinski definition) is 0. The van der Waals surface area contributed by atoms with Crippen LogP contribution >= 0.6 is 11.3 Å². The van der Waals surface area contributed by atoms with E-state index in [1.165, 1.54) is 51.9 Å². The molecule has 0 bridgehead atoms. The number of amides is 1. The summed E-state index contributed by atoms with van der Waals surface area (Å²) in [5.74, 6) is -0.760. The number of hydrogen-bond acceptors (Lipinski definition) is 7. The van der Waals surface area contributed by atoms with Gasteiger partial charge in [-0.25, -0.2) is 19.2 Å². The van der Waals surface area contributed by atoms with Gasteiger partial charge in [0.1, 0.15) is 17.9 Å². The van der Waals surface area contributed by atoms with Crippen molar-refractivity contribution in [3.8, 4) is 0 Å². The molecule has 10 nitrogen and oxygen atoms in total. The van der Waals surface area contributed by atoms with Crippen LogP contribution in [0.2, 0.25) is 0 Å². The summed E-state index contributed by atoms with van der Waals surface area (Å²) in [4.78, 5) is 50.4. The van der Waals surface area contributed by atoms with Crippen LogP contribution in [-0.4, -0.2) is 61.7 Å². The molecular weight excluding hydrogens is 449 g/mol. The zero-order valence-corrected chi connectivity index (χ0v) is 19.6. The van der Waals surface area contributed by atoms with Gasteiger partial charge in [0.15, 0.2) is 16.3 Å². The molecule has 0 fully saturated rings. The van der Waals surface area contributed by atoms with Crippen LogP contribution in [0.25, 0.3) is 21.4 Å². The number of carbonyl (C=O) groups is 1. The molecule has 4 rings (SSSR count). The number of rotatable bonds is 7. The summed E-state index contributed by atoms with van der Waals surface area (Å²) >= 11 is 1.24. The van der Waals surface area contributed by atoms with Gasteiger partial charge in [-0.05, 0) is 39.2 Å². The van der Waals surface area contributed by atoms with Crippen molar-refractivity contribution in [3.63, 3.8) is 0 Å². The normalized spacial score (nSPS) is 11.7. The number of para-hydroxylation sites is 1. The third-order valence-electron chi connectivity index (χ3n) is 5.40. The molecule has 0 aliphatic carbocycles. The summed E-state index contributed by atoms with van der Waals surface area (Å²) in [6.07, 6.45) is 2.05. The topological polar surface area (TPSA) is 98.3 Å². The van der Waals surface area contributed by atoms with Crippen molar-refractivity contribution in [2.45, 2.75) is 13.0 Å². The number of thiazole rings is 1. The lowest BCUT2D eigenvalue weighted by atomic mass is 10.3. The second kappa shape index (κ2) is 8.87. The Morgan fingerprint density at radius 1 is 1.15 bits per heavy atom. The summed E-state index contributed by atoms with van der Waals surface area (Å²) in [5, 5.41) is 0.392. The van der Waals surface area contributed by atoms with Gasteiger partial charge < -0.3 is 9.47 Å². The highest BCUT2D eigenvalue weighted by molar-refractivity contribution is 7.22. The van der Waals surface area contributed by atoms with E-state index in [2.05, 4.69) is 9.97 Å². The lowest BCUT2D eigenvalue weighted by Gasteiger charge is -2.21. The van der Waals surface area contributed by atoms with Crippen LogP contribution in [0.1, 0.15) is 6.42 Å². The first-order chi connectivity index (χ1) is 15.7. The zero-order valence-electron chi connectivity index (χ0n) is 18.8. The Balaban J connectivity index is 1.72. The SMILES string of the molecule is CN(C)CCCN(C(=O)Cn1cnc2c1c(=O)n(C)c(=O)n2C)c1nc2c(F)cccc2s1. The zero-order chi connectivity index (χ0) is 23.9. The summed E-state index contributed by atoms with van der Waals surface area (Å²) in [6, 6.07) is 4.70. The molecule has 0 radical (unpaired) electrons. The van der Waals surface area contributed by atoms with Crippen molar-refractivity contribution in [2.75, 3.05) is 32.1 Å². The molecule has 12 heteroatoms. The van der Waals surface area contributed by atoms with E-state index in [0.29, 0.717) is 22.8 Å². The van der Waals surface area contributed by atoms with Crippen molar-refractivity contribution in [1.82, 2.24) is 28.6 Å². The molecule has 0 atom stereocenters. The van der Waals surface area contributed by atoms with Crippen molar-refractivity contribution in [2.24, 2.45) is 14.1 Å². The predicted octanol–water partition coefficient (Wildman–Crippen LogP) is 1.17. The molecule has 174 valence electrons. The number of halogens is 1. The summed E-state index contributed by atoms with van der Waals surface area (Å²) in [6.45, 7) is 0.950. The predicted molar refractivity (Wildman–Crippen MR) is 125 cm³/mol. The van der Waals surface area contributed by atoms with Gasteiger partial charge in [-0.3, -0.25) is 23.6 Å². The quantitative estimate of drug-likeness (QED) is 0.400. The molecule has 0 aliphatic heterocycles. The number of aromatic nitrogens is 5. The summed E-state index contributed by atoms with van der Waals surface area (Å²) < 4.78 is 18.5. The Morgan fingerprint density at radius 3 is 2.61 bits per heavy atom. The Kier molecular flexibility index (Phi) is 6.13. The highest BCUT2D eigenvalue weighted by Gasteiger charge is 2.23. The fraction of sp³-hybridized carbons (Fsp3) is 0.381. The summed E-state index contributed by atoms with van der Waals surface area (Å²) in [7, 11) is 6.78. The number of imidazole rings is 1. The highest BCUT2D eigenvalue weighted by Crippen LogP contribution is 2.30. The lowest BCUT2D eigenvalue weighted by molar-refractivity contribution is -0.119. The Hall–Kier alpha value is -3.38. The van der Waals surface area contributed by atoms with E-state index in [1.807, 2.05) is 19.0 Å². The molecule has 0 N–H and O–H groups in total. The van der Waals surface area contributed by atoms with E-state index < -0.39 is 17.1 Å². The van der Waals surface area contributed by atoms with Crippen LogP contribution < -0.4 is 16.1 Å². The average Bonchev–Trinajstić information content (AvgIpc) is 3.39. The van der Waals surface area contributed by atoms with Gasteiger partial charge in [-0.1, -0.05) is 17.4 Å². The van der Waals surface area contributed by atoms with E-state index in [4.69, 9.17) is 0 Å². The maximum Gasteiger partial charge on any atom is 0.332 e. The molecule has 0 unspecified atom stereocenters. The second-order valence-electron chi connectivity index (χ2n) is 8.04. The largest absolute Gasteiger partial charge is 0.332 e. The number of nitrogens with zero attached hydrogens (tertiary/aromatic N) is 7. The Labute approximate surface area is 192 Å². The minimum Gasteiger partial charge on any atom is -0.315 e. The second-order valence-corrected chi connectivity index (χ2v) is 9.04. The first-order valence-corrected chi connectivity index (χ1v) is 11.1. The first-order valence-electron chi connectivity index (χ1n) is 10.3. The van der Waals surface area contributed by atoms with E-state index >= 15 is 0 Å². The molecule has 1 amide bonds. The number of anilines is 1. The molecule has 3 heterocycles. The van der Waals surface area contributed by atoms with E-state index in [1.54, 1.807) is 12.1 Å². The van der Waals surface area contributed by atoms with Crippen LogP contribution in [0.4, 0.5) is 9.52 Å². The molecule has 0 saturated heterocycles. The molecule has 0 spiro atoms. The Morgan fingerprint density at radius 2 is 1.91 bits per heavy atom. The van der Waals surface area contributed by atoms with Gasteiger partial charge in [0.05, 0.1) is 11.0 Å². The van der Waals surface area contributed by atoms with E-state index in [-0.39, 0.29) is 29.1 Å².